The molecule has 1 amide bonds. The molecule has 0 radical (unpaired) electrons. The van der Waals surface area contributed by atoms with E-state index in [4.69, 9.17) is 4.74 Å². The Hall–Kier alpha value is -1.12. The molecule has 0 saturated carbocycles. The number of rotatable bonds is 6. The molecule has 1 unspecified atom stereocenters. The Kier molecular flexibility index (Phi) is 5.17. The summed E-state index contributed by atoms with van der Waals surface area (Å²) in [7, 11) is 0. The summed E-state index contributed by atoms with van der Waals surface area (Å²) in [5, 5.41) is 15.2. The summed E-state index contributed by atoms with van der Waals surface area (Å²) in [4.78, 5) is 22.5. The van der Waals surface area contributed by atoms with E-state index >= 15 is 0 Å². The second-order valence-electron chi connectivity index (χ2n) is 4.07. The van der Waals surface area contributed by atoms with E-state index in [0.29, 0.717) is 11.4 Å². The Morgan fingerprint density at radius 3 is 3.21 bits per heavy atom. The van der Waals surface area contributed by atoms with Gasteiger partial charge in [0, 0.05) is 13.2 Å². The minimum atomic E-state index is -0.419. The number of carbonyl (C=O) groups excluding carboxylic acids is 1. The number of ether oxygens (including phenoxy) is 1. The Bertz CT molecular complexity index is 457. The van der Waals surface area contributed by atoms with Gasteiger partial charge in [0.05, 0.1) is 21.7 Å². The van der Waals surface area contributed by atoms with Gasteiger partial charge in [-0.15, -0.1) is 11.8 Å². The fraction of sp³-hybridized carbons (Fsp3) is 0.545. The molecule has 0 aliphatic carbocycles. The summed E-state index contributed by atoms with van der Waals surface area (Å²) in [5.41, 5.74) is 0. The molecule has 0 spiro atoms. The van der Waals surface area contributed by atoms with Gasteiger partial charge in [0.25, 0.3) is 0 Å². The van der Waals surface area contributed by atoms with Crippen molar-refractivity contribution < 1.29 is 14.5 Å². The molecule has 1 atom stereocenters. The molecule has 19 heavy (non-hydrogen) atoms. The van der Waals surface area contributed by atoms with Crippen LogP contribution >= 0.6 is 23.1 Å². The van der Waals surface area contributed by atoms with Crippen molar-refractivity contribution in [3.63, 3.8) is 0 Å². The summed E-state index contributed by atoms with van der Waals surface area (Å²) >= 11 is 2.26. The maximum atomic E-state index is 11.6. The Morgan fingerprint density at radius 1 is 1.68 bits per heavy atom. The molecule has 2 rings (SSSR count). The van der Waals surface area contributed by atoms with Crippen molar-refractivity contribution in [1.82, 2.24) is 5.32 Å². The van der Waals surface area contributed by atoms with Gasteiger partial charge in [-0.2, -0.15) is 0 Å². The zero-order valence-corrected chi connectivity index (χ0v) is 11.8. The molecule has 1 aromatic heterocycles. The van der Waals surface area contributed by atoms with E-state index in [9.17, 15) is 14.9 Å². The number of hydrogen-bond donors (Lipinski definition) is 1. The first-order valence-electron chi connectivity index (χ1n) is 5.90. The quantitative estimate of drug-likeness (QED) is 0.494. The lowest BCUT2D eigenvalue weighted by atomic mass is 10.2. The Labute approximate surface area is 118 Å². The second kappa shape index (κ2) is 6.88. The van der Waals surface area contributed by atoms with Crippen LogP contribution in [0.5, 0.6) is 0 Å². The van der Waals surface area contributed by atoms with Crippen molar-refractivity contribution in [3.05, 3.63) is 21.6 Å². The van der Waals surface area contributed by atoms with Gasteiger partial charge in [0.2, 0.25) is 5.91 Å². The lowest BCUT2D eigenvalue weighted by Gasteiger charge is -2.10. The lowest BCUT2D eigenvalue weighted by Crippen LogP contribution is -2.32. The third-order valence-electron chi connectivity index (χ3n) is 2.69. The highest BCUT2D eigenvalue weighted by molar-refractivity contribution is 8.00. The van der Waals surface area contributed by atoms with Crippen molar-refractivity contribution in [1.29, 1.82) is 0 Å². The highest BCUT2D eigenvalue weighted by Gasteiger charge is 2.18. The minimum Gasteiger partial charge on any atom is -0.376 e. The first kappa shape index (κ1) is 14.3. The van der Waals surface area contributed by atoms with Crippen LogP contribution in [0.15, 0.2) is 16.3 Å². The number of nitrogens with zero attached hydrogens (tertiary/aromatic N) is 1. The predicted molar refractivity (Wildman–Crippen MR) is 73.7 cm³/mol. The number of hydrogen-bond acceptors (Lipinski definition) is 6. The standard InChI is InChI=1S/C11H14N2O4S2/c14-10(12-6-8-2-1-4-17-8)7-19-9-3-5-18-11(9)13(15)16/h3,5,8H,1-2,4,6-7H2,(H,12,14). The normalized spacial score (nSPS) is 18.4. The van der Waals surface area contributed by atoms with Crippen LogP contribution in [0.4, 0.5) is 5.00 Å². The number of thiophene rings is 1. The van der Waals surface area contributed by atoms with Crippen LogP contribution < -0.4 is 5.32 Å². The van der Waals surface area contributed by atoms with Crippen LogP contribution in [0.3, 0.4) is 0 Å². The van der Waals surface area contributed by atoms with Crippen LogP contribution in [-0.4, -0.2) is 35.8 Å². The van der Waals surface area contributed by atoms with Crippen LogP contribution in [0.1, 0.15) is 12.8 Å². The predicted octanol–water partition coefficient (Wildman–Crippen LogP) is 2.04. The Morgan fingerprint density at radius 2 is 2.53 bits per heavy atom. The van der Waals surface area contributed by atoms with Gasteiger partial charge in [-0.25, -0.2) is 0 Å². The average Bonchev–Trinajstić information content (AvgIpc) is 3.04. The molecule has 1 N–H and O–H groups in total. The van der Waals surface area contributed by atoms with Crippen LogP contribution in [0, 0.1) is 10.1 Å². The molecule has 0 aromatic carbocycles. The van der Waals surface area contributed by atoms with Crippen molar-refractivity contribution in [2.75, 3.05) is 18.9 Å². The number of amides is 1. The van der Waals surface area contributed by atoms with Gasteiger partial charge in [-0.1, -0.05) is 11.3 Å². The van der Waals surface area contributed by atoms with Gasteiger partial charge in [-0.05, 0) is 24.3 Å². The average molecular weight is 302 g/mol. The van der Waals surface area contributed by atoms with E-state index in [1.54, 1.807) is 11.4 Å². The fourth-order valence-corrected chi connectivity index (χ4v) is 3.52. The van der Waals surface area contributed by atoms with Crippen molar-refractivity contribution >= 4 is 34.0 Å². The molecule has 1 aliphatic heterocycles. The molecule has 6 nitrogen and oxygen atoms in total. The van der Waals surface area contributed by atoms with E-state index in [-0.39, 0.29) is 22.8 Å². The van der Waals surface area contributed by atoms with Gasteiger partial charge in [0.1, 0.15) is 0 Å². The molecule has 1 aromatic rings. The van der Waals surface area contributed by atoms with E-state index in [1.165, 1.54) is 11.8 Å². The number of thioether (sulfide) groups is 1. The van der Waals surface area contributed by atoms with E-state index in [2.05, 4.69) is 5.32 Å². The van der Waals surface area contributed by atoms with Crippen molar-refractivity contribution in [2.45, 2.75) is 23.8 Å². The van der Waals surface area contributed by atoms with Crippen LogP contribution in [0.2, 0.25) is 0 Å². The third-order valence-corrected chi connectivity index (χ3v) is 4.73. The first-order chi connectivity index (χ1) is 9.16. The SMILES string of the molecule is O=C(CSc1ccsc1[N+](=O)[O-])NCC1CCCO1. The number of nitrogens with one attached hydrogen (secondary N) is 1. The fourth-order valence-electron chi connectivity index (χ4n) is 1.76. The van der Waals surface area contributed by atoms with E-state index in [1.807, 2.05) is 0 Å². The Balaban J connectivity index is 1.73. The summed E-state index contributed by atoms with van der Waals surface area (Å²) in [6.45, 7) is 1.28. The van der Waals surface area contributed by atoms with Crippen molar-refractivity contribution in [3.8, 4) is 0 Å². The zero-order valence-electron chi connectivity index (χ0n) is 10.2. The zero-order chi connectivity index (χ0) is 13.7. The molecule has 2 heterocycles. The van der Waals surface area contributed by atoms with Gasteiger partial charge in [-0.3, -0.25) is 14.9 Å². The molecule has 1 aliphatic rings. The lowest BCUT2D eigenvalue weighted by molar-refractivity contribution is -0.382. The molecule has 0 bridgehead atoms. The molecular formula is C11H14N2O4S2. The van der Waals surface area contributed by atoms with Crippen LogP contribution in [0.25, 0.3) is 0 Å². The molecule has 1 fully saturated rings. The summed E-state index contributed by atoms with van der Waals surface area (Å²) in [6.07, 6.45) is 2.13. The van der Waals surface area contributed by atoms with Crippen molar-refractivity contribution in [2.24, 2.45) is 0 Å². The molecule has 8 heteroatoms. The maximum Gasteiger partial charge on any atom is 0.337 e. The minimum absolute atomic E-state index is 0.0944. The maximum absolute atomic E-state index is 11.6. The monoisotopic (exact) mass is 302 g/mol. The van der Waals surface area contributed by atoms with Gasteiger partial charge >= 0.3 is 5.00 Å². The molecular weight excluding hydrogens is 288 g/mol. The molecule has 104 valence electrons. The number of nitro groups is 1. The van der Waals surface area contributed by atoms with Crippen LogP contribution in [-0.2, 0) is 9.53 Å². The molecule has 1 saturated heterocycles. The summed E-state index contributed by atoms with van der Waals surface area (Å²) < 4.78 is 5.40. The number of carbonyl (C=O) groups is 1. The second-order valence-corrected chi connectivity index (χ2v) is 5.99. The third kappa shape index (κ3) is 4.19. The van der Waals surface area contributed by atoms with E-state index in [0.717, 1.165) is 30.8 Å². The topological polar surface area (TPSA) is 81.5 Å². The largest absolute Gasteiger partial charge is 0.376 e. The smallest absolute Gasteiger partial charge is 0.337 e. The highest BCUT2D eigenvalue weighted by Crippen LogP contribution is 2.33. The van der Waals surface area contributed by atoms with Gasteiger partial charge in [0.15, 0.2) is 0 Å². The summed E-state index contributed by atoms with van der Waals surface area (Å²) in [5.74, 6) is 0.0607. The summed E-state index contributed by atoms with van der Waals surface area (Å²) in [6, 6.07) is 1.67. The first-order valence-corrected chi connectivity index (χ1v) is 7.76. The van der Waals surface area contributed by atoms with E-state index < -0.39 is 4.92 Å². The highest BCUT2D eigenvalue weighted by atomic mass is 32.2. The van der Waals surface area contributed by atoms with Gasteiger partial charge < -0.3 is 10.1 Å².